The van der Waals surface area contributed by atoms with Crippen molar-refractivity contribution < 1.29 is 19.4 Å². The highest BCUT2D eigenvalue weighted by Gasteiger charge is 2.24. The molecule has 0 aromatic carbocycles. The molecule has 4 nitrogen and oxygen atoms in total. The fourth-order valence-corrected chi connectivity index (χ4v) is 1.57. The van der Waals surface area contributed by atoms with Gasteiger partial charge >= 0.3 is 11.9 Å². The van der Waals surface area contributed by atoms with Crippen molar-refractivity contribution in [2.75, 3.05) is 6.61 Å². The van der Waals surface area contributed by atoms with Gasteiger partial charge in [-0.2, -0.15) is 0 Å². The van der Waals surface area contributed by atoms with Gasteiger partial charge in [-0.15, -0.1) is 0 Å². The molecular formula is C12H22O4. The molecule has 2 atom stereocenters. The lowest BCUT2D eigenvalue weighted by atomic mass is 9.91. The molecule has 0 radical (unpaired) electrons. The van der Waals surface area contributed by atoms with Crippen LogP contribution in [0.5, 0.6) is 0 Å². The fraction of sp³-hybridized carbons (Fsp3) is 0.833. The van der Waals surface area contributed by atoms with E-state index in [2.05, 4.69) is 0 Å². The maximum atomic E-state index is 11.6. The predicted molar refractivity (Wildman–Crippen MR) is 61.1 cm³/mol. The van der Waals surface area contributed by atoms with Crippen LogP contribution in [-0.2, 0) is 14.3 Å². The number of carbonyl (C=O) groups is 2. The first kappa shape index (κ1) is 14.9. The average molecular weight is 230 g/mol. The van der Waals surface area contributed by atoms with Crippen LogP contribution < -0.4 is 0 Å². The Balaban J connectivity index is 4.29. The SMILES string of the molecule is CCCCC(CC(C)C(=O)O)C(=O)OCC. The van der Waals surface area contributed by atoms with Gasteiger partial charge in [0.2, 0.25) is 0 Å². The summed E-state index contributed by atoms with van der Waals surface area (Å²) in [6.07, 6.45) is 3.01. The van der Waals surface area contributed by atoms with E-state index in [0.29, 0.717) is 19.4 Å². The Labute approximate surface area is 97.0 Å². The summed E-state index contributed by atoms with van der Waals surface area (Å²) in [5.41, 5.74) is 0. The standard InChI is InChI=1S/C12H22O4/c1-4-6-7-10(12(15)16-5-2)8-9(3)11(13)14/h9-10H,4-8H2,1-3H3,(H,13,14). The molecule has 0 aliphatic heterocycles. The molecule has 94 valence electrons. The molecule has 16 heavy (non-hydrogen) atoms. The van der Waals surface area contributed by atoms with Crippen LogP contribution in [0.4, 0.5) is 0 Å². The second kappa shape index (κ2) is 8.13. The van der Waals surface area contributed by atoms with E-state index >= 15 is 0 Å². The van der Waals surface area contributed by atoms with Crippen LogP contribution in [0.2, 0.25) is 0 Å². The minimum absolute atomic E-state index is 0.260. The molecule has 0 spiro atoms. The minimum Gasteiger partial charge on any atom is -0.481 e. The topological polar surface area (TPSA) is 63.6 Å². The Kier molecular flexibility index (Phi) is 7.60. The molecule has 2 unspecified atom stereocenters. The molecule has 0 bridgehead atoms. The number of carboxylic acid groups (broad SMARTS) is 1. The first-order valence-corrected chi connectivity index (χ1v) is 5.92. The average Bonchev–Trinajstić information content (AvgIpc) is 2.23. The molecule has 4 heteroatoms. The number of rotatable bonds is 8. The molecule has 1 N–H and O–H groups in total. The van der Waals surface area contributed by atoms with Crippen LogP contribution >= 0.6 is 0 Å². The number of hydrogen-bond acceptors (Lipinski definition) is 3. The zero-order chi connectivity index (χ0) is 12.6. The van der Waals surface area contributed by atoms with Gasteiger partial charge in [0.15, 0.2) is 0 Å². The highest BCUT2D eigenvalue weighted by atomic mass is 16.5. The summed E-state index contributed by atoms with van der Waals surface area (Å²) in [4.78, 5) is 22.3. The molecule has 0 heterocycles. The van der Waals surface area contributed by atoms with Gasteiger partial charge in [-0.25, -0.2) is 0 Å². The number of ether oxygens (including phenoxy) is 1. The monoisotopic (exact) mass is 230 g/mol. The Morgan fingerprint density at radius 3 is 2.38 bits per heavy atom. The van der Waals surface area contributed by atoms with Crippen LogP contribution in [0.15, 0.2) is 0 Å². The van der Waals surface area contributed by atoms with Gasteiger partial charge in [0.05, 0.1) is 18.4 Å². The Hall–Kier alpha value is -1.06. The van der Waals surface area contributed by atoms with Crippen LogP contribution in [0.1, 0.15) is 46.5 Å². The smallest absolute Gasteiger partial charge is 0.308 e. The second-order valence-electron chi connectivity index (χ2n) is 4.07. The van der Waals surface area contributed by atoms with E-state index in [4.69, 9.17) is 9.84 Å². The lowest BCUT2D eigenvalue weighted by Crippen LogP contribution is -2.23. The van der Waals surface area contributed by atoms with Gasteiger partial charge in [-0.05, 0) is 19.8 Å². The molecule has 0 fully saturated rings. The summed E-state index contributed by atoms with van der Waals surface area (Å²) in [5.74, 6) is -1.88. The number of esters is 1. The van der Waals surface area contributed by atoms with Crippen molar-refractivity contribution in [3.63, 3.8) is 0 Å². The third-order valence-corrected chi connectivity index (χ3v) is 2.59. The summed E-state index contributed by atoms with van der Waals surface area (Å²) >= 11 is 0. The maximum absolute atomic E-state index is 11.6. The summed E-state index contributed by atoms with van der Waals surface area (Å²) < 4.78 is 4.95. The Bertz CT molecular complexity index is 225. The highest BCUT2D eigenvalue weighted by Crippen LogP contribution is 2.20. The summed E-state index contributed by atoms with van der Waals surface area (Å²) in [5, 5.41) is 8.82. The van der Waals surface area contributed by atoms with E-state index in [1.807, 2.05) is 6.92 Å². The van der Waals surface area contributed by atoms with Crippen LogP contribution in [0.3, 0.4) is 0 Å². The fourth-order valence-electron chi connectivity index (χ4n) is 1.57. The first-order chi connectivity index (χ1) is 7.52. The van der Waals surface area contributed by atoms with Crippen molar-refractivity contribution in [3.8, 4) is 0 Å². The lowest BCUT2D eigenvalue weighted by Gasteiger charge is -2.17. The largest absolute Gasteiger partial charge is 0.481 e. The molecule has 0 rings (SSSR count). The third kappa shape index (κ3) is 5.73. The predicted octanol–water partition coefficient (Wildman–Crippen LogP) is 2.47. The zero-order valence-electron chi connectivity index (χ0n) is 10.4. The normalized spacial score (nSPS) is 14.2. The molecule has 0 aliphatic rings. The number of carbonyl (C=O) groups excluding carboxylic acids is 1. The summed E-state index contributed by atoms with van der Waals surface area (Å²) in [6.45, 7) is 5.78. The van der Waals surface area contributed by atoms with Crippen molar-refractivity contribution in [1.29, 1.82) is 0 Å². The van der Waals surface area contributed by atoms with E-state index < -0.39 is 11.9 Å². The van der Waals surface area contributed by atoms with Crippen molar-refractivity contribution in [2.45, 2.75) is 46.5 Å². The summed E-state index contributed by atoms with van der Waals surface area (Å²) in [6, 6.07) is 0. The second-order valence-corrected chi connectivity index (χ2v) is 4.07. The Morgan fingerprint density at radius 2 is 1.94 bits per heavy atom. The quantitative estimate of drug-likeness (QED) is 0.650. The van der Waals surface area contributed by atoms with Gasteiger partial charge in [0.25, 0.3) is 0 Å². The van der Waals surface area contributed by atoms with Gasteiger partial charge in [-0.1, -0.05) is 26.7 Å². The van der Waals surface area contributed by atoms with E-state index in [1.165, 1.54) is 0 Å². The number of carboxylic acids is 1. The maximum Gasteiger partial charge on any atom is 0.308 e. The van der Waals surface area contributed by atoms with Gasteiger partial charge < -0.3 is 9.84 Å². The van der Waals surface area contributed by atoms with E-state index in [0.717, 1.165) is 12.8 Å². The molecule has 0 amide bonds. The van der Waals surface area contributed by atoms with Crippen molar-refractivity contribution in [1.82, 2.24) is 0 Å². The number of unbranched alkanes of at least 4 members (excludes halogenated alkanes) is 1. The summed E-state index contributed by atoms with van der Waals surface area (Å²) in [7, 11) is 0. The van der Waals surface area contributed by atoms with E-state index in [-0.39, 0.29) is 11.9 Å². The number of aliphatic carboxylic acids is 1. The molecule has 0 aliphatic carbocycles. The van der Waals surface area contributed by atoms with Crippen LogP contribution in [0, 0.1) is 11.8 Å². The van der Waals surface area contributed by atoms with Crippen LogP contribution in [0.25, 0.3) is 0 Å². The molecule has 0 aromatic rings. The van der Waals surface area contributed by atoms with Gasteiger partial charge in [-0.3, -0.25) is 9.59 Å². The van der Waals surface area contributed by atoms with Crippen molar-refractivity contribution in [2.24, 2.45) is 11.8 Å². The molecule has 0 aromatic heterocycles. The highest BCUT2D eigenvalue weighted by molar-refractivity contribution is 5.74. The van der Waals surface area contributed by atoms with E-state index in [1.54, 1.807) is 13.8 Å². The third-order valence-electron chi connectivity index (χ3n) is 2.59. The van der Waals surface area contributed by atoms with Crippen molar-refractivity contribution >= 4 is 11.9 Å². The zero-order valence-corrected chi connectivity index (χ0v) is 10.4. The van der Waals surface area contributed by atoms with Gasteiger partial charge in [0.1, 0.15) is 0 Å². The van der Waals surface area contributed by atoms with E-state index in [9.17, 15) is 9.59 Å². The first-order valence-electron chi connectivity index (χ1n) is 5.92. The van der Waals surface area contributed by atoms with Crippen LogP contribution in [-0.4, -0.2) is 23.7 Å². The van der Waals surface area contributed by atoms with Crippen molar-refractivity contribution in [3.05, 3.63) is 0 Å². The number of hydrogen-bond donors (Lipinski definition) is 1. The molecule has 0 saturated heterocycles. The lowest BCUT2D eigenvalue weighted by molar-refractivity contribution is -0.150. The van der Waals surface area contributed by atoms with Gasteiger partial charge in [0, 0.05) is 0 Å². The molecule has 0 saturated carbocycles. The minimum atomic E-state index is -0.856. The molecular weight excluding hydrogens is 208 g/mol. The Morgan fingerprint density at radius 1 is 1.31 bits per heavy atom.